The summed E-state index contributed by atoms with van der Waals surface area (Å²) < 4.78 is 0. The van der Waals surface area contributed by atoms with E-state index in [2.05, 4.69) is 83.1 Å². The fourth-order valence-electron chi connectivity index (χ4n) is 8.12. The van der Waals surface area contributed by atoms with Crippen LogP contribution in [0.1, 0.15) is 103 Å². The molecule has 0 aromatic heterocycles. The van der Waals surface area contributed by atoms with Gasteiger partial charge in [-0.15, -0.1) is 0 Å². The Kier molecular flexibility index (Phi) is 8.22. The van der Waals surface area contributed by atoms with Gasteiger partial charge in [0.1, 0.15) is 0 Å². The van der Waals surface area contributed by atoms with Crippen molar-refractivity contribution >= 4 is 22.6 Å². The molecule has 44 heavy (non-hydrogen) atoms. The normalized spacial score (nSPS) is 23.3. The molecule has 3 atom stereocenters. The molecule has 2 heterocycles. The third-order valence-corrected chi connectivity index (χ3v) is 10.5. The van der Waals surface area contributed by atoms with Crippen LogP contribution in [-0.2, 0) is 6.42 Å². The van der Waals surface area contributed by atoms with E-state index in [1.807, 2.05) is 30.3 Å². The van der Waals surface area contributed by atoms with E-state index in [4.69, 9.17) is 0 Å². The van der Waals surface area contributed by atoms with Crippen LogP contribution in [0, 0.1) is 5.92 Å². The number of benzene rings is 4. The molecule has 5 heteroatoms. The van der Waals surface area contributed by atoms with Gasteiger partial charge in [0.25, 0.3) is 0 Å². The predicted molar refractivity (Wildman–Crippen MR) is 177 cm³/mol. The molecule has 3 aliphatic rings. The lowest BCUT2D eigenvalue weighted by atomic mass is 9.84. The molecule has 1 aliphatic carbocycles. The fraction of sp³-hybridized carbons (Fsp3) is 0.385. The minimum absolute atomic E-state index is 0.0598. The second-order valence-electron chi connectivity index (χ2n) is 13.2. The Labute approximate surface area is 261 Å². The zero-order valence-electron chi connectivity index (χ0n) is 25.7. The summed E-state index contributed by atoms with van der Waals surface area (Å²) in [7, 11) is 0. The summed E-state index contributed by atoms with van der Waals surface area (Å²) in [5, 5.41) is 8.83. The monoisotopic (exact) mass is 585 g/mol. The molecular formula is C39H43N3O2. The van der Waals surface area contributed by atoms with Crippen molar-refractivity contribution in [3.05, 3.63) is 119 Å². The first kappa shape index (κ1) is 28.8. The number of urea groups is 1. The highest BCUT2D eigenvalue weighted by Gasteiger charge is 2.43. The van der Waals surface area contributed by atoms with Crippen LogP contribution >= 0.6 is 0 Å². The third kappa shape index (κ3) is 5.90. The van der Waals surface area contributed by atoms with Crippen LogP contribution in [-0.4, -0.2) is 29.3 Å². The molecule has 1 saturated heterocycles. The Morgan fingerprint density at radius 3 is 2.34 bits per heavy atom. The summed E-state index contributed by atoms with van der Waals surface area (Å²) in [4.78, 5) is 28.7. The molecule has 5 nitrogen and oxygen atoms in total. The van der Waals surface area contributed by atoms with E-state index in [1.165, 1.54) is 41.2 Å². The zero-order valence-corrected chi connectivity index (χ0v) is 25.7. The maximum Gasteiger partial charge on any atom is 0.315 e. The molecule has 4 aromatic rings. The Hall–Kier alpha value is -3.96. The number of nitrogens with one attached hydrogen (secondary N) is 2. The van der Waals surface area contributed by atoms with Gasteiger partial charge in [0.15, 0.2) is 5.78 Å². The maximum absolute atomic E-state index is 13.0. The Balaban J connectivity index is 0.884. The lowest BCUT2D eigenvalue weighted by molar-refractivity contribution is 0.0992. The van der Waals surface area contributed by atoms with E-state index in [-0.39, 0.29) is 23.9 Å². The third-order valence-electron chi connectivity index (χ3n) is 10.5. The van der Waals surface area contributed by atoms with Gasteiger partial charge in [-0.25, -0.2) is 4.79 Å². The predicted octanol–water partition coefficient (Wildman–Crippen LogP) is 8.47. The number of amides is 2. The van der Waals surface area contributed by atoms with E-state index in [9.17, 15) is 9.59 Å². The van der Waals surface area contributed by atoms with E-state index in [0.29, 0.717) is 24.4 Å². The topological polar surface area (TPSA) is 61.4 Å². The van der Waals surface area contributed by atoms with Gasteiger partial charge >= 0.3 is 6.03 Å². The van der Waals surface area contributed by atoms with Crippen molar-refractivity contribution in [2.24, 2.45) is 5.92 Å². The van der Waals surface area contributed by atoms with Crippen LogP contribution in [0.5, 0.6) is 0 Å². The summed E-state index contributed by atoms with van der Waals surface area (Å²) in [6.45, 7) is 3.18. The van der Waals surface area contributed by atoms with Gasteiger partial charge in [-0.1, -0.05) is 84.9 Å². The van der Waals surface area contributed by atoms with Gasteiger partial charge < -0.3 is 10.6 Å². The number of carbonyl (C=O) groups excluding carboxylic acids is 2. The highest BCUT2D eigenvalue weighted by molar-refractivity contribution is 5.97. The summed E-state index contributed by atoms with van der Waals surface area (Å²) in [6, 6.07) is 32.2. The van der Waals surface area contributed by atoms with Crippen LogP contribution in [0.25, 0.3) is 10.8 Å². The first-order valence-corrected chi connectivity index (χ1v) is 16.5. The van der Waals surface area contributed by atoms with Crippen molar-refractivity contribution in [2.45, 2.75) is 82.5 Å². The summed E-state index contributed by atoms with van der Waals surface area (Å²) in [6.07, 6.45) is 8.49. The van der Waals surface area contributed by atoms with E-state index in [0.717, 1.165) is 48.9 Å². The number of Topliss-reactive ketones (excluding diaryl/α,β-unsaturated/α-hetero) is 1. The van der Waals surface area contributed by atoms with Crippen LogP contribution in [0.3, 0.4) is 0 Å². The van der Waals surface area contributed by atoms with Crippen LogP contribution < -0.4 is 10.6 Å². The Morgan fingerprint density at radius 2 is 1.52 bits per heavy atom. The molecule has 0 spiro atoms. The standard InChI is InChI=1S/C39H43N3O2/c1-26(32-13-7-11-29-10-5-6-12-33(29)32)40-39(44)41-31-17-14-27(15-18-31)22-23-42-36-20-21-37(42)35-25-30(16-19-34(35)36)38(43)24-28-8-3-2-4-9-28/h2-13,16,19,25-27,31,36-37H,14-15,17-18,20-24H2,1H3,(H2,40,41,44)/t26-,27?,31?,36+,37-/m1/s1. The largest absolute Gasteiger partial charge is 0.335 e. The average molecular weight is 586 g/mol. The number of hydrogen-bond acceptors (Lipinski definition) is 3. The highest BCUT2D eigenvalue weighted by Crippen LogP contribution is 2.53. The van der Waals surface area contributed by atoms with Crippen molar-refractivity contribution < 1.29 is 9.59 Å². The minimum Gasteiger partial charge on any atom is -0.335 e. The average Bonchev–Trinajstić information content (AvgIpc) is 3.60. The Morgan fingerprint density at radius 1 is 0.795 bits per heavy atom. The zero-order chi connectivity index (χ0) is 30.0. The quantitative estimate of drug-likeness (QED) is 0.194. The lowest BCUT2D eigenvalue weighted by Crippen LogP contribution is -2.44. The number of fused-ring (bicyclic) bond motifs is 6. The van der Waals surface area contributed by atoms with Gasteiger partial charge in [0.05, 0.1) is 6.04 Å². The Bertz CT molecular complexity index is 1640. The van der Waals surface area contributed by atoms with E-state index in [1.54, 1.807) is 0 Å². The summed E-state index contributed by atoms with van der Waals surface area (Å²) in [5.41, 5.74) is 5.89. The van der Waals surface area contributed by atoms with E-state index < -0.39 is 0 Å². The molecule has 2 fully saturated rings. The van der Waals surface area contributed by atoms with Gasteiger partial charge in [-0.2, -0.15) is 0 Å². The summed E-state index contributed by atoms with van der Waals surface area (Å²) >= 11 is 0. The SMILES string of the molecule is C[C@@H](NC(=O)NC1CCC(CCN2[C@@H]3CC[C@H]2c2ccc(C(=O)Cc4ccccc4)cc23)CC1)c1cccc2ccccc12. The number of carbonyl (C=O) groups is 2. The van der Waals surface area contributed by atoms with E-state index >= 15 is 0 Å². The molecule has 4 aromatic carbocycles. The molecule has 0 unspecified atom stereocenters. The number of nitrogens with zero attached hydrogens (tertiary/aromatic N) is 1. The van der Waals surface area contributed by atoms with Crippen molar-refractivity contribution in [2.75, 3.05) is 6.54 Å². The van der Waals surface area contributed by atoms with Gasteiger partial charge in [0, 0.05) is 30.1 Å². The smallest absolute Gasteiger partial charge is 0.315 e. The second-order valence-corrected chi connectivity index (χ2v) is 13.2. The first-order valence-electron chi connectivity index (χ1n) is 16.5. The lowest BCUT2D eigenvalue weighted by Gasteiger charge is -2.31. The van der Waals surface area contributed by atoms with Crippen molar-refractivity contribution in [3.8, 4) is 0 Å². The van der Waals surface area contributed by atoms with Crippen LogP contribution in [0.2, 0.25) is 0 Å². The molecule has 2 N–H and O–H groups in total. The molecule has 226 valence electrons. The van der Waals surface area contributed by atoms with Gasteiger partial charge in [-0.05, 0) is 103 Å². The fourth-order valence-corrected chi connectivity index (χ4v) is 8.12. The van der Waals surface area contributed by atoms with Gasteiger partial charge in [0.2, 0.25) is 0 Å². The highest BCUT2D eigenvalue weighted by atomic mass is 16.2. The molecule has 2 aliphatic heterocycles. The molecule has 2 amide bonds. The molecule has 2 bridgehead atoms. The molecule has 1 saturated carbocycles. The van der Waals surface area contributed by atoms with Crippen LogP contribution in [0.15, 0.2) is 91.0 Å². The number of hydrogen-bond donors (Lipinski definition) is 2. The maximum atomic E-state index is 13.0. The van der Waals surface area contributed by atoms with Crippen LogP contribution in [0.4, 0.5) is 4.79 Å². The van der Waals surface area contributed by atoms with Crippen molar-refractivity contribution in [3.63, 3.8) is 0 Å². The van der Waals surface area contributed by atoms with Crippen molar-refractivity contribution in [1.82, 2.24) is 15.5 Å². The minimum atomic E-state index is -0.0677. The van der Waals surface area contributed by atoms with Gasteiger partial charge in [-0.3, -0.25) is 9.69 Å². The molecular weight excluding hydrogens is 542 g/mol. The number of ketones is 1. The molecule has 7 rings (SSSR count). The first-order chi connectivity index (χ1) is 21.5. The summed E-state index contributed by atoms with van der Waals surface area (Å²) in [5.74, 6) is 0.909. The molecule has 0 radical (unpaired) electrons. The second kappa shape index (κ2) is 12.6. The number of rotatable bonds is 9. The van der Waals surface area contributed by atoms with Crippen molar-refractivity contribution in [1.29, 1.82) is 0 Å².